The maximum absolute atomic E-state index is 12.6. The minimum absolute atomic E-state index is 0.0638. The summed E-state index contributed by atoms with van der Waals surface area (Å²) < 4.78 is 5.82. The molecule has 0 aliphatic carbocycles. The van der Waals surface area contributed by atoms with Gasteiger partial charge in [-0.2, -0.15) is 0 Å². The normalized spacial score (nSPS) is 16.3. The molecule has 1 aromatic heterocycles. The highest BCUT2D eigenvalue weighted by atomic mass is 32.1. The van der Waals surface area contributed by atoms with Crippen LogP contribution in [0.5, 0.6) is 5.75 Å². The van der Waals surface area contributed by atoms with Crippen molar-refractivity contribution in [2.45, 2.75) is 19.1 Å². The molecule has 1 aliphatic rings. The molecule has 1 aliphatic heterocycles. The summed E-state index contributed by atoms with van der Waals surface area (Å²) in [6, 6.07) is 17.5. The summed E-state index contributed by atoms with van der Waals surface area (Å²) >= 11 is 1.63. The number of nitrogens with one attached hydrogen (secondary N) is 1. The molecule has 1 atom stereocenters. The highest BCUT2D eigenvalue weighted by Gasteiger charge is 2.25. The Bertz CT molecular complexity index is 883. The van der Waals surface area contributed by atoms with E-state index in [1.54, 1.807) is 17.4 Å². The number of rotatable bonds is 6. The van der Waals surface area contributed by atoms with Crippen molar-refractivity contribution < 1.29 is 9.53 Å². The number of carbonyl (C=O) groups excluding carboxylic acids is 1. The second kappa shape index (κ2) is 8.22. The summed E-state index contributed by atoms with van der Waals surface area (Å²) in [7, 11) is 0. The fourth-order valence-electron chi connectivity index (χ4n) is 3.16. The Labute approximate surface area is 162 Å². The van der Waals surface area contributed by atoms with Crippen LogP contribution in [0.15, 0.2) is 66.2 Å². The lowest BCUT2D eigenvalue weighted by atomic mass is 10.1. The van der Waals surface area contributed by atoms with Crippen LogP contribution in [0.4, 0.5) is 5.13 Å². The van der Waals surface area contributed by atoms with E-state index >= 15 is 0 Å². The fourth-order valence-corrected chi connectivity index (χ4v) is 3.84. The lowest BCUT2D eigenvalue weighted by Gasteiger charge is -2.16. The van der Waals surface area contributed by atoms with Gasteiger partial charge in [0, 0.05) is 36.3 Å². The molecular weight excluding hydrogens is 358 g/mol. The van der Waals surface area contributed by atoms with Crippen molar-refractivity contribution >= 4 is 22.4 Å². The van der Waals surface area contributed by atoms with Crippen LogP contribution >= 0.6 is 11.3 Å². The molecule has 1 fully saturated rings. The van der Waals surface area contributed by atoms with Crippen LogP contribution in [0.1, 0.15) is 22.3 Å². The van der Waals surface area contributed by atoms with Gasteiger partial charge < -0.3 is 15.0 Å². The van der Waals surface area contributed by atoms with Crippen molar-refractivity contribution in [3.05, 3.63) is 77.3 Å². The number of aromatic nitrogens is 1. The predicted molar refractivity (Wildman–Crippen MR) is 107 cm³/mol. The number of hydrogen-bond acceptors (Lipinski definition) is 5. The monoisotopic (exact) mass is 379 g/mol. The average Bonchev–Trinajstić information content (AvgIpc) is 3.39. The molecule has 0 spiro atoms. The van der Waals surface area contributed by atoms with Gasteiger partial charge in [-0.15, -0.1) is 11.3 Å². The van der Waals surface area contributed by atoms with Gasteiger partial charge in [-0.25, -0.2) is 4.98 Å². The van der Waals surface area contributed by atoms with Gasteiger partial charge in [0.1, 0.15) is 12.4 Å². The van der Waals surface area contributed by atoms with Crippen LogP contribution in [-0.4, -0.2) is 30.0 Å². The minimum atomic E-state index is -0.0638. The van der Waals surface area contributed by atoms with Gasteiger partial charge in [0.15, 0.2) is 5.13 Å². The summed E-state index contributed by atoms with van der Waals surface area (Å²) in [6.07, 6.45) is 2.74. The number of hydrogen-bond donors (Lipinski definition) is 1. The Hall–Kier alpha value is -2.86. The number of benzene rings is 2. The summed E-state index contributed by atoms with van der Waals surface area (Å²) in [5.74, 6) is 0.633. The molecule has 1 amide bonds. The molecule has 27 heavy (non-hydrogen) atoms. The number of amides is 1. The lowest BCUT2D eigenvalue weighted by Crippen LogP contribution is -2.37. The molecule has 0 radical (unpaired) electrons. The van der Waals surface area contributed by atoms with Crippen molar-refractivity contribution in [3.8, 4) is 5.75 Å². The molecule has 1 N–H and O–H groups in total. The van der Waals surface area contributed by atoms with E-state index < -0.39 is 0 Å². The third-order valence-corrected chi connectivity index (χ3v) is 5.39. The second-order valence-electron chi connectivity index (χ2n) is 6.52. The van der Waals surface area contributed by atoms with E-state index in [1.165, 1.54) is 0 Å². The smallest absolute Gasteiger partial charge is 0.251 e. The van der Waals surface area contributed by atoms with Gasteiger partial charge >= 0.3 is 0 Å². The van der Waals surface area contributed by atoms with Crippen LogP contribution in [0.3, 0.4) is 0 Å². The number of anilines is 1. The number of nitrogens with zero attached hydrogens (tertiary/aromatic N) is 2. The first-order chi connectivity index (χ1) is 13.3. The van der Waals surface area contributed by atoms with E-state index in [0.29, 0.717) is 17.9 Å². The Kier molecular flexibility index (Phi) is 5.34. The molecule has 2 heterocycles. The van der Waals surface area contributed by atoms with Gasteiger partial charge in [-0.1, -0.05) is 36.4 Å². The van der Waals surface area contributed by atoms with E-state index in [1.807, 2.05) is 60.1 Å². The van der Waals surface area contributed by atoms with Crippen LogP contribution in [-0.2, 0) is 6.61 Å². The zero-order valence-electron chi connectivity index (χ0n) is 14.9. The average molecular weight is 379 g/mol. The molecule has 138 valence electrons. The Morgan fingerprint density at radius 2 is 2.11 bits per heavy atom. The molecule has 1 unspecified atom stereocenters. The summed E-state index contributed by atoms with van der Waals surface area (Å²) in [6.45, 7) is 2.19. The number of thiazole rings is 1. The van der Waals surface area contributed by atoms with Crippen molar-refractivity contribution in [1.29, 1.82) is 0 Å². The summed E-state index contributed by atoms with van der Waals surface area (Å²) in [5, 5.41) is 6.12. The van der Waals surface area contributed by atoms with E-state index in [-0.39, 0.29) is 11.9 Å². The lowest BCUT2D eigenvalue weighted by molar-refractivity contribution is 0.0940. The fraction of sp³-hybridized carbons (Fsp3) is 0.238. The maximum atomic E-state index is 12.6. The second-order valence-corrected chi connectivity index (χ2v) is 7.39. The van der Waals surface area contributed by atoms with Gasteiger partial charge in [-0.05, 0) is 30.2 Å². The summed E-state index contributed by atoms with van der Waals surface area (Å²) in [4.78, 5) is 19.2. The third kappa shape index (κ3) is 4.46. The third-order valence-electron chi connectivity index (χ3n) is 4.56. The molecule has 4 rings (SSSR count). The molecule has 5 nitrogen and oxygen atoms in total. The highest BCUT2D eigenvalue weighted by Crippen LogP contribution is 2.23. The zero-order valence-corrected chi connectivity index (χ0v) is 15.7. The van der Waals surface area contributed by atoms with Gasteiger partial charge in [0.25, 0.3) is 5.91 Å². The predicted octanol–water partition coefficient (Wildman–Crippen LogP) is 3.73. The Morgan fingerprint density at radius 3 is 2.93 bits per heavy atom. The van der Waals surface area contributed by atoms with E-state index in [0.717, 1.165) is 30.2 Å². The van der Waals surface area contributed by atoms with Gasteiger partial charge in [-0.3, -0.25) is 4.79 Å². The first-order valence-corrected chi connectivity index (χ1v) is 9.88. The number of carbonyl (C=O) groups is 1. The molecular formula is C21H21N3O2S. The largest absolute Gasteiger partial charge is 0.489 e. The summed E-state index contributed by atoms with van der Waals surface area (Å²) in [5.41, 5.74) is 1.72. The standard InChI is InChI=1S/C21H21N3O2S/c25-20(23-18-9-11-24(14-18)21-22-10-12-27-21)17-7-4-8-19(13-17)26-15-16-5-2-1-3-6-16/h1-8,10,12-13,18H,9,11,14-15H2,(H,23,25). The van der Waals surface area contributed by atoms with Gasteiger partial charge in [0.2, 0.25) is 0 Å². The van der Waals surface area contributed by atoms with E-state index in [2.05, 4.69) is 15.2 Å². The van der Waals surface area contributed by atoms with Crippen LogP contribution in [0, 0.1) is 0 Å². The molecule has 6 heteroatoms. The van der Waals surface area contributed by atoms with Crippen molar-refractivity contribution in [2.24, 2.45) is 0 Å². The Balaban J connectivity index is 1.34. The maximum Gasteiger partial charge on any atom is 0.251 e. The molecule has 0 saturated carbocycles. The van der Waals surface area contributed by atoms with Crippen molar-refractivity contribution in [1.82, 2.24) is 10.3 Å². The van der Waals surface area contributed by atoms with E-state index in [4.69, 9.17) is 4.74 Å². The van der Waals surface area contributed by atoms with E-state index in [9.17, 15) is 4.79 Å². The van der Waals surface area contributed by atoms with Gasteiger partial charge in [0.05, 0.1) is 0 Å². The van der Waals surface area contributed by atoms with Crippen molar-refractivity contribution in [3.63, 3.8) is 0 Å². The molecule has 0 bridgehead atoms. The molecule has 2 aromatic carbocycles. The van der Waals surface area contributed by atoms with Crippen molar-refractivity contribution in [2.75, 3.05) is 18.0 Å². The first-order valence-electron chi connectivity index (χ1n) is 9.00. The zero-order chi connectivity index (χ0) is 18.5. The van der Waals surface area contributed by atoms with Crippen LogP contribution in [0.25, 0.3) is 0 Å². The number of ether oxygens (including phenoxy) is 1. The first kappa shape index (κ1) is 17.5. The molecule has 3 aromatic rings. The SMILES string of the molecule is O=C(NC1CCN(c2nccs2)C1)c1cccc(OCc2ccccc2)c1. The van der Waals surface area contributed by atoms with Crippen LogP contribution < -0.4 is 15.0 Å². The molecule has 1 saturated heterocycles. The highest BCUT2D eigenvalue weighted by molar-refractivity contribution is 7.13. The topological polar surface area (TPSA) is 54.5 Å². The minimum Gasteiger partial charge on any atom is -0.489 e. The Morgan fingerprint density at radius 1 is 1.22 bits per heavy atom. The quantitative estimate of drug-likeness (QED) is 0.709. The van der Waals surface area contributed by atoms with Crippen LogP contribution in [0.2, 0.25) is 0 Å².